The lowest BCUT2D eigenvalue weighted by Gasteiger charge is -2.25. The van der Waals surface area contributed by atoms with Gasteiger partial charge in [0.2, 0.25) is 0 Å². The fourth-order valence-corrected chi connectivity index (χ4v) is 2.23. The molecule has 1 aromatic rings. The van der Waals surface area contributed by atoms with Crippen molar-refractivity contribution in [2.45, 2.75) is 45.6 Å². The highest BCUT2D eigenvalue weighted by Crippen LogP contribution is 2.40. The van der Waals surface area contributed by atoms with E-state index in [0.717, 1.165) is 24.2 Å². The molecule has 0 aliphatic heterocycles. The van der Waals surface area contributed by atoms with Gasteiger partial charge in [-0.15, -0.1) is 0 Å². The van der Waals surface area contributed by atoms with E-state index in [9.17, 15) is 14.7 Å². The monoisotopic (exact) mass is 265 g/mol. The molecule has 1 fully saturated rings. The van der Waals surface area contributed by atoms with Gasteiger partial charge in [-0.1, -0.05) is 6.92 Å². The Labute approximate surface area is 112 Å². The molecule has 1 atom stereocenters. The van der Waals surface area contributed by atoms with Crippen molar-refractivity contribution in [1.29, 1.82) is 0 Å². The first-order chi connectivity index (χ1) is 8.88. The van der Waals surface area contributed by atoms with Gasteiger partial charge in [-0.3, -0.25) is 4.79 Å². The predicted octanol–water partition coefficient (Wildman–Crippen LogP) is 2.13. The molecule has 1 saturated carbocycles. The van der Waals surface area contributed by atoms with Gasteiger partial charge >= 0.3 is 5.97 Å². The van der Waals surface area contributed by atoms with E-state index in [0.29, 0.717) is 6.42 Å². The van der Waals surface area contributed by atoms with Crippen LogP contribution in [-0.2, 0) is 11.2 Å². The summed E-state index contributed by atoms with van der Waals surface area (Å²) in [6, 6.07) is 1.81. The molecule has 19 heavy (non-hydrogen) atoms. The van der Waals surface area contributed by atoms with Gasteiger partial charge in [0.25, 0.3) is 5.91 Å². The Hall–Kier alpha value is -1.78. The van der Waals surface area contributed by atoms with Gasteiger partial charge in [0.05, 0.1) is 0 Å². The molecule has 1 aliphatic rings. The number of rotatable bonds is 5. The summed E-state index contributed by atoms with van der Waals surface area (Å²) >= 11 is 0. The summed E-state index contributed by atoms with van der Waals surface area (Å²) in [5.74, 6) is -0.497. The van der Waals surface area contributed by atoms with Crippen LogP contribution in [0, 0.1) is 12.8 Å². The number of amides is 1. The van der Waals surface area contributed by atoms with Crippen LogP contribution >= 0.6 is 0 Å². The van der Waals surface area contributed by atoms with Gasteiger partial charge in [0.1, 0.15) is 11.3 Å². The lowest BCUT2D eigenvalue weighted by Crippen LogP contribution is -2.54. The summed E-state index contributed by atoms with van der Waals surface area (Å²) < 4.78 is 5.45. The predicted molar refractivity (Wildman–Crippen MR) is 69.1 cm³/mol. The van der Waals surface area contributed by atoms with Crippen LogP contribution in [0.5, 0.6) is 0 Å². The summed E-state index contributed by atoms with van der Waals surface area (Å²) in [4.78, 5) is 23.5. The van der Waals surface area contributed by atoms with Crippen LogP contribution in [0.1, 0.15) is 48.6 Å². The van der Waals surface area contributed by atoms with Crippen molar-refractivity contribution in [3.63, 3.8) is 0 Å². The van der Waals surface area contributed by atoms with Crippen molar-refractivity contribution in [2.75, 3.05) is 0 Å². The molecule has 0 saturated heterocycles. The van der Waals surface area contributed by atoms with E-state index in [1.807, 2.05) is 13.0 Å². The lowest BCUT2D eigenvalue weighted by molar-refractivity contribution is -0.144. The number of aliphatic carboxylic acids is 1. The summed E-state index contributed by atoms with van der Waals surface area (Å²) in [6.45, 7) is 5.28. The minimum Gasteiger partial charge on any atom is -0.480 e. The number of carboxylic acids is 1. The summed E-state index contributed by atoms with van der Waals surface area (Å²) in [6.07, 6.45) is 2.37. The third-order valence-electron chi connectivity index (χ3n) is 3.73. The molecule has 1 heterocycles. The molecule has 0 aromatic carbocycles. The van der Waals surface area contributed by atoms with Crippen LogP contribution in [0.2, 0.25) is 0 Å². The Morgan fingerprint density at radius 2 is 2.16 bits per heavy atom. The van der Waals surface area contributed by atoms with Gasteiger partial charge in [0, 0.05) is 12.0 Å². The van der Waals surface area contributed by atoms with Gasteiger partial charge in [-0.2, -0.15) is 0 Å². The van der Waals surface area contributed by atoms with Crippen molar-refractivity contribution >= 4 is 11.9 Å². The first-order valence-electron chi connectivity index (χ1n) is 6.53. The zero-order chi connectivity index (χ0) is 14.2. The molecule has 0 radical (unpaired) electrons. The SMILES string of the molecule is CCc1cc(C)c(C(=O)N[C@@](C)(C(=O)O)C2CC2)o1. The topological polar surface area (TPSA) is 79.5 Å². The second kappa shape index (κ2) is 4.72. The fourth-order valence-electron chi connectivity index (χ4n) is 2.23. The third-order valence-corrected chi connectivity index (χ3v) is 3.73. The van der Waals surface area contributed by atoms with Crippen LogP contribution in [-0.4, -0.2) is 22.5 Å². The second-order valence-electron chi connectivity index (χ2n) is 5.31. The van der Waals surface area contributed by atoms with Crippen molar-refractivity contribution < 1.29 is 19.1 Å². The number of hydrogen-bond acceptors (Lipinski definition) is 3. The van der Waals surface area contributed by atoms with Crippen LogP contribution in [0.25, 0.3) is 0 Å². The number of furan rings is 1. The van der Waals surface area contributed by atoms with Gasteiger partial charge in [-0.25, -0.2) is 4.79 Å². The highest BCUT2D eigenvalue weighted by atomic mass is 16.4. The van der Waals surface area contributed by atoms with Gasteiger partial charge in [-0.05, 0) is 38.7 Å². The minimum atomic E-state index is -1.21. The number of carboxylic acid groups (broad SMARTS) is 1. The Morgan fingerprint density at radius 3 is 2.58 bits per heavy atom. The van der Waals surface area contributed by atoms with Crippen LogP contribution in [0.15, 0.2) is 10.5 Å². The molecule has 5 nitrogen and oxygen atoms in total. The van der Waals surface area contributed by atoms with Crippen LogP contribution in [0.4, 0.5) is 0 Å². The molecule has 2 rings (SSSR count). The Balaban J connectivity index is 2.19. The Bertz CT molecular complexity index is 516. The number of carbonyl (C=O) groups is 2. The van der Waals surface area contributed by atoms with E-state index < -0.39 is 17.4 Å². The van der Waals surface area contributed by atoms with Crippen molar-refractivity contribution in [3.05, 3.63) is 23.2 Å². The maximum atomic E-state index is 12.2. The third kappa shape index (κ3) is 2.50. The molecule has 1 aliphatic carbocycles. The maximum absolute atomic E-state index is 12.2. The average Bonchev–Trinajstić information content (AvgIpc) is 3.12. The molecule has 2 N–H and O–H groups in total. The molecule has 104 valence electrons. The zero-order valence-corrected chi connectivity index (χ0v) is 11.4. The molecule has 0 unspecified atom stereocenters. The maximum Gasteiger partial charge on any atom is 0.329 e. The molecule has 5 heteroatoms. The van der Waals surface area contributed by atoms with Gasteiger partial charge < -0.3 is 14.8 Å². The van der Waals surface area contributed by atoms with E-state index in [2.05, 4.69) is 5.32 Å². The molecule has 1 aromatic heterocycles. The minimum absolute atomic E-state index is 0.00913. The summed E-state index contributed by atoms with van der Waals surface area (Å²) in [5.41, 5.74) is -0.472. The highest BCUT2D eigenvalue weighted by molar-refractivity contribution is 5.97. The van der Waals surface area contributed by atoms with E-state index in [1.165, 1.54) is 0 Å². The van der Waals surface area contributed by atoms with E-state index >= 15 is 0 Å². The largest absolute Gasteiger partial charge is 0.480 e. The van der Waals surface area contributed by atoms with Gasteiger partial charge in [0.15, 0.2) is 5.76 Å². The molecule has 0 bridgehead atoms. The lowest BCUT2D eigenvalue weighted by atomic mass is 9.95. The Kier molecular flexibility index (Phi) is 3.39. The van der Waals surface area contributed by atoms with Crippen molar-refractivity contribution in [2.24, 2.45) is 5.92 Å². The highest BCUT2D eigenvalue weighted by Gasteiger charge is 2.49. The molecule has 1 amide bonds. The molecule has 0 spiro atoms. The fraction of sp³-hybridized carbons (Fsp3) is 0.571. The first kappa shape index (κ1) is 13.6. The van der Waals surface area contributed by atoms with Crippen molar-refractivity contribution in [1.82, 2.24) is 5.32 Å². The normalized spacial score (nSPS) is 17.8. The second-order valence-corrected chi connectivity index (χ2v) is 5.31. The van der Waals surface area contributed by atoms with Crippen LogP contribution in [0.3, 0.4) is 0 Å². The van der Waals surface area contributed by atoms with E-state index in [4.69, 9.17) is 4.42 Å². The van der Waals surface area contributed by atoms with Crippen molar-refractivity contribution in [3.8, 4) is 0 Å². The number of aryl methyl sites for hydroxylation is 2. The Morgan fingerprint density at radius 1 is 1.53 bits per heavy atom. The average molecular weight is 265 g/mol. The molecular formula is C14H19NO4. The first-order valence-corrected chi connectivity index (χ1v) is 6.53. The number of nitrogens with one attached hydrogen (secondary N) is 1. The van der Waals surface area contributed by atoms with E-state index in [-0.39, 0.29) is 11.7 Å². The number of hydrogen-bond donors (Lipinski definition) is 2. The standard InChI is InChI=1S/C14H19NO4/c1-4-10-7-8(2)11(19-10)12(16)15-14(3,13(17)18)9-5-6-9/h7,9H,4-6H2,1-3H3,(H,15,16)(H,17,18)/t14-/m1/s1. The molecular weight excluding hydrogens is 246 g/mol. The quantitative estimate of drug-likeness (QED) is 0.854. The smallest absolute Gasteiger partial charge is 0.329 e. The summed E-state index contributed by atoms with van der Waals surface area (Å²) in [5, 5.41) is 11.9. The van der Waals surface area contributed by atoms with Crippen LogP contribution < -0.4 is 5.32 Å². The zero-order valence-electron chi connectivity index (χ0n) is 11.4. The van der Waals surface area contributed by atoms with E-state index in [1.54, 1.807) is 13.8 Å². The number of carbonyl (C=O) groups excluding carboxylic acids is 1. The summed E-state index contributed by atoms with van der Waals surface area (Å²) in [7, 11) is 0.